The molecule has 0 unspecified atom stereocenters. The van der Waals surface area contributed by atoms with Gasteiger partial charge in [-0.2, -0.15) is 0 Å². The molecule has 2 rings (SSSR count). The summed E-state index contributed by atoms with van der Waals surface area (Å²) in [6, 6.07) is 7.34. The van der Waals surface area contributed by atoms with Crippen LogP contribution in [0.4, 0.5) is 4.79 Å². The second kappa shape index (κ2) is 9.49. The van der Waals surface area contributed by atoms with Crippen molar-refractivity contribution in [3.8, 4) is 0 Å². The minimum atomic E-state index is -0.476. The van der Waals surface area contributed by atoms with Crippen LogP contribution in [0.3, 0.4) is 0 Å². The second-order valence-electron chi connectivity index (χ2n) is 4.59. The lowest BCUT2D eigenvalue weighted by atomic mass is 10.3. The molecular weight excluding hydrogens is 334 g/mol. The van der Waals surface area contributed by atoms with E-state index in [2.05, 4.69) is 15.6 Å². The van der Waals surface area contributed by atoms with Gasteiger partial charge in [-0.3, -0.25) is 10.1 Å². The highest BCUT2D eigenvalue weighted by Crippen LogP contribution is 2.28. The normalized spacial score (nSPS) is 10.7. The topological polar surface area (TPSA) is 80.3 Å². The van der Waals surface area contributed by atoms with Crippen molar-refractivity contribution in [1.29, 1.82) is 0 Å². The monoisotopic (exact) mass is 353 g/mol. The maximum absolute atomic E-state index is 11.7. The fourth-order valence-electron chi connectivity index (χ4n) is 1.77. The third kappa shape index (κ3) is 6.17. The van der Waals surface area contributed by atoms with E-state index in [1.54, 1.807) is 0 Å². The quantitative estimate of drug-likeness (QED) is 0.563. The van der Waals surface area contributed by atoms with E-state index in [-0.39, 0.29) is 11.7 Å². The van der Waals surface area contributed by atoms with E-state index in [0.717, 1.165) is 21.0 Å². The summed E-state index contributed by atoms with van der Waals surface area (Å²) in [6.45, 7) is 3.65. The van der Waals surface area contributed by atoms with Gasteiger partial charge in [-0.1, -0.05) is 23.9 Å². The fraction of sp³-hybridized carbons (Fsp3) is 0.400. The molecule has 23 heavy (non-hydrogen) atoms. The van der Waals surface area contributed by atoms with E-state index >= 15 is 0 Å². The predicted octanol–water partition coefficient (Wildman–Crippen LogP) is 2.64. The largest absolute Gasteiger partial charge is 0.382 e. The van der Waals surface area contributed by atoms with Crippen molar-refractivity contribution in [2.75, 3.05) is 25.5 Å². The number of thioether (sulfide) groups is 1. The summed E-state index contributed by atoms with van der Waals surface area (Å²) in [4.78, 5) is 27.7. The number of rotatable bonds is 8. The van der Waals surface area contributed by atoms with Gasteiger partial charge in [0.25, 0.3) is 0 Å². The number of carbonyl (C=O) groups is 2. The molecule has 0 aliphatic heterocycles. The third-order valence-corrected chi connectivity index (χ3v) is 4.99. The van der Waals surface area contributed by atoms with Gasteiger partial charge in [0.1, 0.15) is 0 Å². The van der Waals surface area contributed by atoms with Crippen molar-refractivity contribution in [3.05, 3.63) is 24.3 Å². The summed E-state index contributed by atoms with van der Waals surface area (Å²) in [5.41, 5.74) is 0.924. The molecule has 2 N–H and O–H groups in total. The molecule has 0 aliphatic carbocycles. The molecule has 0 radical (unpaired) electrons. The number of hydrogen-bond donors (Lipinski definition) is 2. The molecule has 3 amide bonds. The van der Waals surface area contributed by atoms with E-state index in [0.29, 0.717) is 19.8 Å². The Labute approximate surface area is 143 Å². The highest BCUT2D eigenvalue weighted by molar-refractivity contribution is 8.01. The zero-order chi connectivity index (χ0) is 16.5. The minimum absolute atomic E-state index is 0.159. The van der Waals surface area contributed by atoms with Crippen LogP contribution in [-0.2, 0) is 9.53 Å². The number of carbonyl (C=O) groups excluding carboxylic acids is 2. The molecule has 0 saturated heterocycles. The van der Waals surface area contributed by atoms with Gasteiger partial charge in [-0.25, -0.2) is 9.78 Å². The Morgan fingerprint density at radius 1 is 1.35 bits per heavy atom. The van der Waals surface area contributed by atoms with E-state index in [9.17, 15) is 9.59 Å². The maximum Gasteiger partial charge on any atom is 0.321 e. The SMILES string of the molecule is CCOCCCNC(=O)NC(=O)CSc1nc2ccccc2s1. The van der Waals surface area contributed by atoms with Crippen LogP contribution in [0.5, 0.6) is 0 Å². The number of benzene rings is 1. The highest BCUT2D eigenvalue weighted by Gasteiger charge is 2.10. The van der Waals surface area contributed by atoms with Crippen LogP contribution in [0.25, 0.3) is 10.2 Å². The first kappa shape index (κ1) is 17.7. The van der Waals surface area contributed by atoms with Crippen LogP contribution in [-0.4, -0.2) is 42.4 Å². The number of thiazole rings is 1. The Morgan fingerprint density at radius 2 is 2.17 bits per heavy atom. The number of fused-ring (bicyclic) bond motifs is 1. The van der Waals surface area contributed by atoms with Crippen LogP contribution in [0.1, 0.15) is 13.3 Å². The molecule has 0 atom stereocenters. The van der Waals surface area contributed by atoms with Crippen molar-refractivity contribution in [1.82, 2.24) is 15.6 Å². The van der Waals surface area contributed by atoms with Crippen molar-refractivity contribution >= 4 is 45.3 Å². The first-order valence-corrected chi connectivity index (χ1v) is 9.13. The average molecular weight is 353 g/mol. The van der Waals surface area contributed by atoms with Crippen molar-refractivity contribution in [2.24, 2.45) is 0 Å². The number of amides is 3. The summed E-state index contributed by atoms with van der Waals surface area (Å²) >= 11 is 2.86. The van der Waals surface area contributed by atoms with Gasteiger partial charge < -0.3 is 10.1 Å². The first-order chi connectivity index (χ1) is 11.2. The molecule has 0 fully saturated rings. The molecule has 0 bridgehead atoms. The standard InChI is InChI=1S/C15H19N3O3S2/c1-2-21-9-5-8-16-14(20)18-13(19)10-22-15-17-11-6-3-4-7-12(11)23-15/h3-4,6-7H,2,5,8-10H2,1H3,(H2,16,18,19,20). The zero-order valence-corrected chi connectivity index (χ0v) is 14.5. The number of hydrogen-bond acceptors (Lipinski definition) is 6. The molecule has 1 heterocycles. The molecule has 2 aromatic rings. The number of nitrogens with zero attached hydrogens (tertiary/aromatic N) is 1. The smallest absolute Gasteiger partial charge is 0.321 e. The lowest BCUT2D eigenvalue weighted by molar-refractivity contribution is -0.117. The molecular formula is C15H19N3O3S2. The zero-order valence-electron chi connectivity index (χ0n) is 12.8. The Kier molecular flexibility index (Phi) is 7.31. The second-order valence-corrected chi connectivity index (χ2v) is 6.84. The third-order valence-electron chi connectivity index (χ3n) is 2.81. The Balaban J connectivity index is 1.67. The summed E-state index contributed by atoms with van der Waals surface area (Å²) in [5, 5.41) is 4.92. The predicted molar refractivity (Wildman–Crippen MR) is 93.0 cm³/mol. The summed E-state index contributed by atoms with van der Waals surface area (Å²) in [6.07, 6.45) is 0.718. The number of ether oxygens (including phenoxy) is 1. The van der Waals surface area contributed by atoms with Crippen LogP contribution in [0.2, 0.25) is 0 Å². The lowest BCUT2D eigenvalue weighted by Gasteiger charge is -2.06. The molecule has 0 saturated carbocycles. The van der Waals surface area contributed by atoms with Gasteiger partial charge in [0, 0.05) is 19.8 Å². The van der Waals surface area contributed by atoms with Crippen LogP contribution < -0.4 is 10.6 Å². The van der Waals surface area contributed by atoms with E-state index in [4.69, 9.17) is 4.74 Å². The maximum atomic E-state index is 11.7. The van der Waals surface area contributed by atoms with Gasteiger partial charge in [-0.05, 0) is 25.5 Å². The molecule has 6 nitrogen and oxygen atoms in total. The Morgan fingerprint density at radius 3 is 2.96 bits per heavy atom. The van der Waals surface area contributed by atoms with Crippen molar-refractivity contribution in [3.63, 3.8) is 0 Å². The van der Waals surface area contributed by atoms with Gasteiger partial charge in [0.05, 0.1) is 16.0 Å². The van der Waals surface area contributed by atoms with Crippen LogP contribution in [0.15, 0.2) is 28.6 Å². The van der Waals surface area contributed by atoms with E-state index < -0.39 is 6.03 Å². The number of imide groups is 1. The van der Waals surface area contributed by atoms with Crippen molar-refractivity contribution < 1.29 is 14.3 Å². The number of urea groups is 1. The average Bonchev–Trinajstić information content (AvgIpc) is 2.95. The van der Waals surface area contributed by atoms with Gasteiger partial charge in [0.2, 0.25) is 5.91 Å². The van der Waals surface area contributed by atoms with Crippen LogP contribution >= 0.6 is 23.1 Å². The van der Waals surface area contributed by atoms with Gasteiger partial charge >= 0.3 is 6.03 Å². The van der Waals surface area contributed by atoms with Gasteiger partial charge in [-0.15, -0.1) is 11.3 Å². The summed E-state index contributed by atoms with van der Waals surface area (Å²) < 4.78 is 7.06. The molecule has 0 aliphatic rings. The van der Waals surface area contributed by atoms with Gasteiger partial charge in [0.15, 0.2) is 4.34 Å². The highest BCUT2D eigenvalue weighted by atomic mass is 32.2. The summed E-state index contributed by atoms with van der Waals surface area (Å²) in [7, 11) is 0. The molecule has 124 valence electrons. The Hall–Kier alpha value is -1.64. The number of para-hydroxylation sites is 1. The minimum Gasteiger partial charge on any atom is -0.382 e. The first-order valence-electron chi connectivity index (χ1n) is 7.33. The van der Waals surface area contributed by atoms with Crippen LogP contribution in [0, 0.1) is 0 Å². The lowest BCUT2D eigenvalue weighted by Crippen LogP contribution is -2.40. The molecule has 1 aromatic carbocycles. The molecule has 8 heteroatoms. The van der Waals surface area contributed by atoms with E-state index in [1.165, 1.54) is 23.1 Å². The fourth-order valence-corrected chi connectivity index (χ4v) is 3.64. The molecule has 0 spiro atoms. The summed E-state index contributed by atoms with van der Waals surface area (Å²) in [5.74, 6) is -0.178. The Bertz CT molecular complexity index is 627. The number of aromatic nitrogens is 1. The van der Waals surface area contributed by atoms with Crippen molar-refractivity contribution in [2.45, 2.75) is 17.7 Å². The number of nitrogens with one attached hydrogen (secondary N) is 2. The molecule has 1 aromatic heterocycles. The van der Waals surface area contributed by atoms with E-state index in [1.807, 2.05) is 31.2 Å².